The topological polar surface area (TPSA) is 127 Å². The first-order chi connectivity index (χ1) is 18.3. The molecule has 1 amide bonds. The highest BCUT2D eigenvalue weighted by atomic mass is 35.5. The third-order valence-electron chi connectivity index (χ3n) is 6.12. The number of ketones is 1. The zero-order valence-electron chi connectivity index (χ0n) is 20.3. The van der Waals surface area contributed by atoms with E-state index in [1.54, 1.807) is 30.5 Å². The summed E-state index contributed by atoms with van der Waals surface area (Å²) >= 11 is 12.5. The summed E-state index contributed by atoms with van der Waals surface area (Å²) in [5, 5.41) is 11.8. The summed E-state index contributed by atoms with van der Waals surface area (Å²) in [5.74, 6) is -1.31. The molecule has 2 aromatic carbocycles. The monoisotopic (exact) mass is 554 g/mol. The average Bonchev–Trinajstić information content (AvgIpc) is 3.44. The van der Waals surface area contributed by atoms with Crippen LogP contribution in [0, 0.1) is 0 Å². The molecule has 0 saturated carbocycles. The summed E-state index contributed by atoms with van der Waals surface area (Å²) in [6.45, 7) is 0. The molecule has 3 heterocycles. The molecule has 1 fully saturated rings. The zero-order valence-corrected chi connectivity index (χ0v) is 21.8. The fourth-order valence-corrected chi connectivity index (χ4v) is 5.00. The molecule has 1 aliphatic rings. The van der Waals surface area contributed by atoms with Crippen LogP contribution in [0.5, 0.6) is 17.2 Å². The van der Waals surface area contributed by atoms with Crippen molar-refractivity contribution < 1.29 is 28.9 Å². The maximum Gasteiger partial charge on any atom is 0.302 e. The van der Waals surface area contributed by atoms with Gasteiger partial charge in [-0.15, -0.1) is 0 Å². The number of amides is 1. The maximum absolute atomic E-state index is 13.5. The number of hydrogen-bond donors (Lipinski definition) is 2. The fourth-order valence-electron chi connectivity index (χ4n) is 4.43. The predicted molar refractivity (Wildman–Crippen MR) is 141 cm³/mol. The Balaban J connectivity index is 1.75. The summed E-state index contributed by atoms with van der Waals surface area (Å²) in [4.78, 5) is 39.8. The Kier molecular flexibility index (Phi) is 6.60. The summed E-state index contributed by atoms with van der Waals surface area (Å²) in [5.41, 5.74) is 1.29. The summed E-state index contributed by atoms with van der Waals surface area (Å²) in [6, 6.07) is 8.39. The lowest BCUT2D eigenvalue weighted by Gasteiger charge is -2.23. The molecule has 0 bridgehead atoms. The van der Waals surface area contributed by atoms with Crippen LogP contribution < -0.4 is 19.1 Å². The minimum Gasteiger partial charge on any atom is -0.507 e. The van der Waals surface area contributed by atoms with Crippen molar-refractivity contribution in [1.82, 2.24) is 15.0 Å². The quantitative estimate of drug-likeness (QED) is 0.195. The fraction of sp³-hybridized carbons (Fsp3) is 0.154. The number of pyridine rings is 1. The van der Waals surface area contributed by atoms with E-state index in [9.17, 15) is 14.7 Å². The van der Waals surface area contributed by atoms with Gasteiger partial charge < -0.3 is 24.3 Å². The average molecular weight is 555 g/mol. The molecule has 0 radical (unpaired) electrons. The van der Waals surface area contributed by atoms with Gasteiger partial charge in [-0.3, -0.25) is 19.5 Å². The van der Waals surface area contributed by atoms with Crippen molar-refractivity contribution in [1.29, 1.82) is 0 Å². The second kappa shape index (κ2) is 9.88. The standard InChI is InChI=1S/C26H20Cl2N4O6/c1-36-18-9-16-17(10-19(18)37-2)31-26(30-16)32-21(12-5-4-6-29-11-12)20(23(34)25(32)35)22(33)14-7-13(27)8-15(28)24(14)38-3/h4-11,21,33H,1-3H3,(H,30,31)/b22-20+. The largest absolute Gasteiger partial charge is 0.507 e. The van der Waals surface area contributed by atoms with E-state index in [0.717, 1.165) is 0 Å². The van der Waals surface area contributed by atoms with Crippen LogP contribution in [0.15, 0.2) is 54.4 Å². The number of nitrogens with one attached hydrogen (secondary N) is 1. The van der Waals surface area contributed by atoms with E-state index in [2.05, 4.69) is 15.0 Å². The SMILES string of the molecule is COc1cc2nc(N3C(=O)C(=O)/C(=C(/O)c4cc(Cl)cc(Cl)c4OC)C3c3cccnc3)[nH]c2cc1OC. The number of hydrogen-bond acceptors (Lipinski definition) is 8. The van der Waals surface area contributed by atoms with E-state index in [0.29, 0.717) is 28.1 Å². The molecule has 38 heavy (non-hydrogen) atoms. The van der Waals surface area contributed by atoms with E-state index in [4.69, 9.17) is 37.4 Å². The van der Waals surface area contributed by atoms with Gasteiger partial charge in [0, 0.05) is 29.5 Å². The lowest BCUT2D eigenvalue weighted by atomic mass is 9.96. The Labute approximate surface area is 226 Å². The highest BCUT2D eigenvalue weighted by molar-refractivity contribution is 6.51. The number of rotatable bonds is 6. The first kappa shape index (κ1) is 25.4. The number of imidazole rings is 1. The number of anilines is 1. The molecule has 194 valence electrons. The van der Waals surface area contributed by atoms with Gasteiger partial charge in [0.1, 0.15) is 11.5 Å². The number of aliphatic hydroxyl groups excluding tert-OH is 1. The van der Waals surface area contributed by atoms with Gasteiger partial charge in [-0.1, -0.05) is 29.3 Å². The van der Waals surface area contributed by atoms with Crippen molar-refractivity contribution >= 4 is 57.6 Å². The Hall–Kier alpha value is -4.28. The van der Waals surface area contributed by atoms with Gasteiger partial charge in [0.15, 0.2) is 11.5 Å². The molecule has 10 nitrogen and oxygen atoms in total. The molecular weight excluding hydrogens is 535 g/mol. The summed E-state index contributed by atoms with van der Waals surface area (Å²) < 4.78 is 16.1. The van der Waals surface area contributed by atoms with Crippen LogP contribution in [-0.4, -0.2) is 53.1 Å². The molecule has 2 N–H and O–H groups in total. The highest BCUT2D eigenvalue weighted by Gasteiger charge is 2.48. The summed E-state index contributed by atoms with van der Waals surface area (Å²) in [7, 11) is 4.35. The van der Waals surface area contributed by atoms with E-state index in [1.165, 1.54) is 44.6 Å². The molecule has 0 spiro atoms. The number of nitrogens with zero attached hydrogens (tertiary/aromatic N) is 3. The van der Waals surface area contributed by atoms with E-state index in [1.807, 2.05) is 0 Å². The third kappa shape index (κ3) is 4.07. The smallest absolute Gasteiger partial charge is 0.302 e. The van der Waals surface area contributed by atoms with E-state index < -0.39 is 23.5 Å². The second-order valence-electron chi connectivity index (χ2n) is 8.21. The van der Waals surface area contributed by atoms with Crippen LogP contribution in [0.2, 0.25) is 10.0 Å². The number of carbonyl (C=O) groups is 2. The van der Waals surface area contributed by atoms with Crippen molar-refractivity contribution in [3.63, 3.8) is 0 Å². The van der Waals surface area contributed by atoms with Crippen molar-refractivity contribution in [3.05, 3.63) is 75.5 Å². The number of fused-ring (bicyclic) bond motifs is 1. The van der Waals surface area contributed by atoms with Gasteiger partial charge in [-0.05, 0) is 23.8 Å². The van der Waals surface area contributed by atoms with Crippen LogP contribution >= 0.6 is 23.2 Å². The molecule has 5 rings (SSSR count). The first-order valence-corrected chi connectivity index (χ1v) is 11.9. The molecule has 1 unspecified atom stereocenters. The van der Waals surface area contributed by atoms with Crippen molar-refractivity contribution in [2.24, 2.45) is 0 Å². The van der Waals surface area contributed by atoms with E-state index >= 15 is 0 Å². The summed E-state index contributed by atoms with van der Waals surface area (Å²) in [6.07, 6.45) is 3.04. The van der Waals surface area contributed by atoms with Crippen molar-refractivity contribution in [3.8, 4) is 17.2 Å². The van der Waals surface area contributed by atoms with Gasteiger partial charge >= 0.3 is 5.91 Å². The first-order valence-electron chi connectivity index (χ1n) is 11.1. The van der Waals surface area contributed by atoms with Crippen LogP contribution in [-0.2, 0) is 9.59 Å². The molecular formula is C26H20Cl2N4O6. The van der Waals surface area contributed by atoms with Crippen LogP contribution in [0.1, 0.15) is 17.2 Å². The van der Waals surface area contributed by atoms with E-state index in [-0.39, 0.29) is 32.9 Å². The lowest BCUT2D eigenvalue weighted by Crippen LogP contribution is -2.30. The lowest BCUT2D eigenvalue weighted by molar-refractivity contribution is -0.132. The van der Waals surface area contributed by atoms with Crippen LogP contribution in [0.3, 0.4) is 0 Å². The molecule has 2 aromatic heterocycles. The highest BCUT2D eigenvalue weighted by Crippen LogP contribution is 2.45. The Morgan fingerprint density at radius 3 is 2.45 bits per heavy atom. The molecule has 0 aliphatic carbocycles. The number of aromatic amines is 1. The third-order valence-corrected chi connectivity index (χ3v) is 6.61. The van der Waals surface area contributed by atoms with Gasteiger partial charge in [-0.2, -0.15) is 0 Å². The number of aliphatic hydroxyl groups is 1. The normalized spacial score (nSPS) is 16.8. The number of carbonyl (C=O) groups excluding carboxylic acids is 2. The number of methoxy groups -OCH3 is 3. The van der Waals surface area contributed by atoms with Crippen molar-refractivity contribution in [2.45, 2.75) is 6.04 Å². The maximum atomic E-state index is 13.5. The number of halogens is 2. The van der Waals surface area contributed by atoms with Crippen LogP contribution in [0.4, 0.5) is 5.95 Å². The minimum atomic E-state index is -1.09. The second-order valence-corrected chi connectivity index (χ2v) is 9.05. The molecule has 1 atom stereocenters. The van der Waals surface area contributed by atoms with Gasteiger partial charge in [0.2, 0.25) is 5.95 Å². The zero-order chi connectivity index (χ0) is 27.1. The Bertz CT molecular complexity index is 1580. The number of Topliss-reactive ketones (excluding diaryl/α,β-unsaturated/α-hetero) is 1. The molecule has 1 aliphatic heterocycles. The molecule has 12 heteroatoms. The van der Waals surface area contributed by atoms with Gasteiger partial charge in [0.05, 0.1) is 54.6 Å². The molecule has 1 saturated heterocycles. The van der Waals surface area contributed by atoms with Gasteiger partial charge in [-0.25, -0.2) is 4.98 Å². The minimum absolute atomic E-state index is 0.0518. The Morgan fingerprint density at radius 1 is 1.05 bits per heavy atom. The van der Waals surface area contributed by atoms with Gasteiger partial charge in [0.25, 0.3) is 5.78 Å². The van der Waals surface area contributed by atoms with Crippen molar-refractivity contribution in [2.75, 3.05) is 26.2 Å². The number of benzene rings is 2. The Morgan fingerprint density at radius 2 is 1.79 bits per heavy atom. The molecule has 4 aromatic rings. The predicted octanol–water partition coefficient (Wildman–Crippen LogP) is 4.92. The number of aromatic nitrogens is 3. The van der Waals surface area contributed by atoms with Crippen LogP contribution in [0.25, 0.3) is 16.8 Å². The number of H-pyrrole nitrogens is 1. The number of ether oxygens (including phenoxy) is 3.